The fourth-order valence-corrected chi connectivity index (χ4v) is 2.83. The minimum absolute atomic E-state index is 0.177. The third-order valence-corrected chi connectivity index (χ3v) is 4.16. The Kier molecular flexibility index (Phi) is 5.81. The standard InChI is InChI=1S/C17H16ClNO5S/c1-11(24-17(21)14-5-3-4-6-15(14)18)16(20)12-7-9-13(10-8-12)19-25(2,22)23/h3-11,19H,1-2H3. The molecule has 0 bridgehead atoms. The number of Topliss-reactive ketones (excluding diaryl/α,β-unsaturated/α-hetero) is 1. The van der Waals surface area contributed by atoms with Crippen molar-refractivity contribution in [2.45, 2.75) is 13.0 Å². The first kappa shape index (κ1) is 19.0. The lowest BCUT2D eigenvalue weighted by Crippen LogP contribution is -2.24. The predicted molar refractivity (Wildman–Crippen MR) is 95.6 cm³/mol. The van der Waals surface area contributed by atoms with Crippen LogP contribution in [0.5, 0.6) is 0 Å². The number of carbonyl (C=O) groups is 2. The maximum absolute atomic E-state index is 12.3. The van der Waals surface area contributed by atoms with Crippen molar-refractivity contribution in [3.63, 3.8) is 0 Å². The molecule has 8 heteroatoms. The van der Waals surface area contributed by atoms with E-state index in [-0.39, 0.29) is 10.6 Å². The van der Waals surface area contributed by atoms with Crippen molar-refractivity contribution < 1.29 is 22.7 Å². The highest BCUT2D eigenvalue weighted by Gasteiger charge is 2.21. The van der Waals surface area contributed by atoms with E-state index in [2.05, 4.69) is 4.72 Å². The number of halogens is 1. The summed E-state index contributed by atoms with van der Waals surface area (Å²) in [6, 6.07) is 12.2. The van der Waals surface area contributed by atoms with Crippen molar-refractivity contribution in [2.75, 3.05) is 11.0 Å². The molecule has 132 valence electrons. The summed E-state index contributed by atoms with van der Waals surface area (Å²) >= 11 is 5.93. The van der Waals surface area contributed by atoms with Gasteiger partial charge in [-0.15, -0.1) is 0 Å². The molecule has 0 radical (unpaired) electrons. The Morgan fingerprint density at radius 2 is 1.68 bits per heavy atom. The smallest absolute Gasteiger partial charge is 0.340 e. The summed E-state index contributed by atoms with van der Waals surface area (Å²) in [5.41, 5.74) is 0.801. The van der Waals surface area contributed by atoms with Crippen LogP contribution in [0.4, 0.5) is 5.69 Å². The molecule has 25 heavy (non-hydrogen) atoms. The monoisotopic (exact) mass is 381 g/mol. The van der Waals surface area contributed by atoms with Crippen molar-refractivity contribution in [3.05, 3.63) is 64.7 Å². The van der Waals surface area contributed by atoms with Crippen molar-refractivity contribution in [1.82, 2.24) is 0 Å². The van der Waals surface area contributed by atoms with E-state index >= 15 is 0 Å². The Morgan fingerprint density at radius 3 is 2.24 bits per heavy atom. The quantitative estimate of drug-likeness (QED) is 0.613. The van der Waals surface area contributed by atoms with Gasteiger partial charge in [0.25, 0.3) is 0 Å². The second-order valence-corrected chi connectivity index (χ2v) is 7.50. The number of hydrogen-bond acceptors (Lipinski definition) is 5. The first-order chi connectivity index (χ1) is 11.7. The zero-order chi connectivity index (χ0) is 18.6. The number of esters is 1. The Labute approximate surface area is 150 Å². The minimum Gasteiger partial charge on any atom is -0.451 e. The summed E-state index contributed by atoms with van der Waals surface area (Å²) < 4.78 is 29.8. The van der Waals surface area contributed by atoms with Gasteiger partial charge in [0.2, 0.25) is 15.8 Å². The number of benzene rings is 2. The van der Waals surface area contributed by atoms with E-state index < -0.39 is 27.9 Å². The van der Waals surface area contributed by atoms with E-state index in [0.29, 0.717) is 11.3 Å². The number of rotatable bonds is 6. The molecular weight excluding hydrogens is 366 g/mol. The summed E-state index contributed by atoms with van der Waals surface area (Å²) in [5, 5.41) is 0.239. The van der Waals surface area contributed by atoms with Crippen LogP contribution in [-0.4, -0.2) is 32.5 Å². The lowest BCUT2D eigenvalue weighted by Gasteiger charge is -2.13. The number of ether oxygens (including phenoxy) is 1. The van der Waals surface area contributed by atoms with Gasteiger partial charge >= 0.3 is 5.97 Å². The lowest BCUT2D eigenvalue weighted by molar-refractivity contribution is 0.0319. The molecule has 0 saturated heterocycles. The number of anilines is 1. The second-order valence-electron chi connectivity index (χ2n) is 5.34. The largest absolute Gasteiger partial charge is 0.451 e. The molecule has 0 amide bonds. The fourth-order valence-electron chi connectivity index (χ4n) is 2.06. The van der Waals surface area contributed by atoms with Crippen LogP contribution in [0, 0.1) is 0 Å². The lowest BCUT2D eigenvalue weighted by atomic mass is 10.1. The molecule has 0 aliphatic carbocycles. The maximum atomic E-state index is 12.3. The first-order valence-corrected chi connectivity index (χ1v) is 9.52. The molecule has 0 heterocycles. The normalized spacial score (nSPS) is 12.3. The van der Waals surface area contributed by atoms with Gasteiger partial charge in [0, 0.05) is 11.3 Å². The molecule has 0 spiro atoms. The van der Waals surface area contributed by atoms with Crippen LogP contribution in [0.2, 0.25) is 5.02 Å². The van der Waals surface area contributed by atoms with E-state index in [0.717, 1.165) is 6.26 Å². The molecule has 1 N–H and O–H groups in total. The van der Waals surface area contributed by atoms with Crippen LogP contribution in [0.3, 0.4) is 0 Å². The second kappa shape index (κ2) is 7.67. The molecular formula is C17H16ClNO5S. The first-order valence-electron chi connectivity index (χ1n) is 7.25. The number of nitrogens with one attached hydrogen (secondary N) is 1. The van der Waals surface area contributed by atoms with Crippen molar-refractivity contribution in [2.24, 2.45) is 0 Å². The average Bonchev–Trinajstić information content (AvgIpc) is 2.53. The van der Waals surface area contributed by atoms with Gasteiger partial charge in [-0.2, -0.15) is 0 Å². The summed E-state index contributed by atoms with van der Waals surface area (Å²) in [6.07, 6.45) is 0.0138. The fraction of sp³-hybridized carbons (Fsp3) is 0.176. The molecule has 1 unspecified atom stereocenters. The minimum atomic E-state index is -3.39. The SMILES string of the molecule is CC(OC(=O)c1ccccc1Cl)C(=O)c1ccc(NS(C)(=O)=O)cc1. The molecule has 0 fully saturated rings. The van der Waals surface area contributed by atoms with E-state index in [9.17, 15) is 18.0 Å². The van der Waals surface area contributed by atoms with Crippen molar-refractivity contribution in [1.29, 1.82) is 0 Å². The van der Waals surface area contributed by atoms with Gasteiger partial charge in [0.15, 0.2) is 6.10 Å². The van der Waals surface area contributed by atoms with Gasteiger partial charge in [-0.05, 0) is 43.3 Å². The van der Waals surface area contributed by atoms with Gasteiger partial charge in [0.05, 0.1) is 16.8 Å². The Bertz CT molecular complexity index is 894. The molecule has 2 rings (SSSR count). The third kappa shape index (κ3) is 5.30. The molecule has 1 atom stereocenters. The maximum Gasteiger partial charge on any atom is 0.340 e. The number of hydrogen-bond donors (Lipinski definition) is 1. The number of ketones is 1. The molecule has 0 aliphatic rings. The molecule has 0 aromatic heterocycles. The van der Waals surface area contributed by atoms with Crippen LogP contribution in [0.1, 0.15) is 27.6 Å². The molecule has 2 aromatic carbocycles. The Balaban J connectivity index is 2.07. The van der Waals surface area contributed by atoms with Gasteiger partial charge in [0.1, 0.15) is 0 Å². The molecule has 2 aromatic rings. The van der Waals surface area contributed by atoms with E-state index in [1.807, 2.05) is 0 Å². The number of sulfonamides is 1. The predicted octanol–water partition coefficient (Wildman–Crippen LogP) is 3.14. The van der Waals surface area contributed by atoms with E-state index in [4.69, 9.17) is 16.3 Å². The average molecular weight is 382 g/mol. The summed E-state index contributed by atoms with van der Waals surface area (Å²) in [5.74, 6) is -1.10. The van der Waals surface area contributed by atoms with Crippen LogP contribution in [-0.2, 0) is 14.8 Å². The zero-order valence-electron chi connectivity index (χ0n) is 13.5. The number of carbonyl (C=O) groups excluding carboxylic acids is 2. The molecule has 6 nitrogen and oxygen atoms in total. The van der Waals surface area contributed by atoms with E-state index in [1.54, 1.807) is 18.2 Å². The van der Waals surface area contributed by atoms with Crippen molar-refractivity contribution >= 4 is 39.1 Å². The van der Waals surface area contributed by atoms with Crippen LogP contribution >= 0.6 is 11.6 Å². The summed E-state index contributed by atoms with van der Waals surface area (Å²) in [4.78, 5) is 24.4. The molecule has 0 aliphatic heterocycles. The highest BCUT2D eigenvalue weighted by molar-refractivity contribution is 7.92. The van der Waals surface area contributed by atoms with Gasteiger partial charge < -0.3 is 4.74 Å². The Hall–Kier alpha value is -2.38. The van der Waals surface area contributed by atoms with Crippen LogP contribution in [0.15, 0.2) is 48.5 Å². The van der Waals surface area contributed by atoms with E-state index in [1.165, 1.54) is 37.3 Å². The highest BCUT2D eigenvalue weighted by Crippen LogP contribution is 2.18. The third-order valence-electron chi connectivity index (χ3n) is 3.22. The van der Waals surface area contributed by atoms with Crippen LogP contribution in [0.25, 0.3) is 0 Å². The zero-order valence-corrected chi connectivity index (χ0v) is 15.1. The molecule has 0 saturated carbocycles. The van der Waals surface area contributed by atoms with Gasteiger partial charge in [-0.25, -0.2) is 13.2 Å². The summed E-state index contributed by atoms with van der Waals surface area (Å²) in [7, 11) is -3.39. The summed E-state index contributed by atoms with van der Waals surface area (Å²) in [6.45, 7) is 1.46. The van der Waals surface area contributed by atoms with Crippen LogP contribution < -0.4 is 4.72 Å². The van der Waals surface area contributed by atoms with Crippen molar-refractivity contribution in [3.8, 4) is 0 Å². The highest BCUT2D eigenvalue weighted by atomic mass is 35.5. The Morgan fingerprint density at radius 1 is 1.08 bits per heavy atom. The van der Waals surface area contributed by atoms with Gasteiger partial charge in [-0.3, -0.25) is 9.52 Å². The van der Waals surface area contributed by atoms with Gasteiger partial charge in [-0.1, -0.05) is 23.7 Å². The topological polar surface area (TPSA) is 89.5 Å².